The number of amides is 4. The highest BCUT2D eigenvalue weighted by Gasteiger charge is 2.35. The van der Waals surface area contributed by atoms with E-state index in [0.717, 1.165) is 31.4 Å². The first-order valence-corrected chi connectivity index (χ1v) is 19.6. The molecular weight excluding hydrogens is 842 g/mol. The fourth-order valence-corrected chi connectivity index (χ4v) is 6.26. The van der Waals surface area contributed by atoms with E-state index in [1.165, 1.54) is 56.7 Å². The molecule has 0 aliphatic rings. The summed E-state index contributed by atoms with van der Waals surface area (Å²) in [6, 6.07) is 10.3. The molecule has 0 aromatic heterocycles. The number of ether oxygens (including phenoxy) is 5. The van der Waals surface area contributed by atoms with Gasteiger partial charge in [-0.2, -0.15) is 4.39 Å². The minimum absolute atomic E-state index is 0.0755. The van der Waals surface area contributed by atoms with Gasteiger partial charge in [0.2, 0.25) is 29.3 Å². The van der Waals surface area contributed by atoms with Crippen LogP contribution < -0.4 is 35.5 Å². The minimum atomic E-state index is -1.86. The third kappa shape index (κ3) is 13.2. The molecule has 0 spiro atoms. The van der Waals surface area contributed by atoms with Crippen molar-refractivity contribution in [2.24, 2.45) is 0 Å². The van der Waals surface area contributed by atoms with E-state index in [1.807, 2.05) is 0 Å². The molecule has 6 N–H and O–H groups in total. The Kier molecular flexibility index (Phi) is 16.4. The zero-order valence-corrected chi connectivity index (χ0v) is 36.2. The molecule has 0 unspecified atom stereocenters. The molecule has 0 saturated carbocycles. The number of nitrogens with one attached hydrogen (secondary N) is 4. The number of phenols is 2. The van der Waals surface area contributed by atoms with Crippen molar-refractivity contribution < 1.29 is 67.2 Å². The standard InChI is InChI=1S/C44H50FN5O14/c1-23(2)63-29-11-9-10-26(20-29)36(49-43(57)64-44(3,4)5)40(54)48-37(27-21-33(51)38(61-7)34(52)22-27)41(55)47-35(25-13-15-28(60-6)16-14-25)39(53)46-31(42(56)62-8)18-24-12-17-30(45)32(19-24)50(58)59/h9-17,19-23,31,35-37,51-52H,18H2,1-8H3,(H,46,53)(H,47,55)(H,48,54)(H,49,57)/t31-,35+,36-,37+/m0/s1. The molecule has 4 aromatic rings. The molecule has 0 aliphatic carbocycles. The van der Waals surface area contributed by atoms with Gasteiger partial charge in [0.25, 0.3) is 0 Å². The quantitative estimate of drug-likeness (QED) is 0.0430. The molecule has 64 heavy (non-hydrogen) atoms. The number of nitrogens with zero attached hydrogens (tertiary/aromatic N) is 1. The topological polar surface area (TPSA) is 263 Å². The largest absolute Gasteiger partial charge is 0.504 e. The maximum absolute atomic E-state index is 14.7. The lowest BCUT2D eigenvalue weighted by Crippen LogP contribution is -2.51. The number of hydrogen-bond acceptors (Lipinski definition) is 14. The number of carbonyl (C=O) groups excluding carboxylic acids is 5. The maximum Gasteiger partial charge on any atom is 0.408 e. The molecule has 4 aromatic carbocycles. The monoisotopic (exact) mass is 891 g/mol. The molecule has 342 valence electrons. The third-order valence-electron chi connectivity index (χ3n) is 9.09. The molecule has 19 nitrogen and oxygen atoms in total. The predicted molar refractivity (Wildman–Crippen MR) is 226 cm³/mol. The summed E-state index contributed by atoms with van der Waals surface area (Å²) < 4.78 is 40.6. The Hall–Kier alpha value is -7.64. The molecule has 4 amide bonds. The van der Waals surface area contributed by atoms with Gasteiger partial charge in [-0.1, -0.05) is 30.3 Å². The second-order valence-electron chi connectivity index (χ2n) is 15.4. The minimum Gasteiger partial charge on any atom is -0.504 e. The number of alkyl carbamates (subject to hydrolysis) is 1. The average molecular weight is 892 g/mol. The summed E-state index contributed by atoms with van der Waals surface area (Å²) >= 11 is 0. The van der Waals surface area contributed by atoms with Gasteiger partial charge in [-0.3, -0.25) is 24.5 Å². The lowest BCUT2D eigenvalue weighted by atomic mass is 9.99. The predicted octanol–water partition coefficient (Wildman–Crippen LogP) is 5.13. The number of halogens is 1. The van der Waals surface area contributed by atoms with Crippen molar-refractivity contribution in [3.05, 3.63) is 117 Å². The van der Waals surface area contributed by atoms with E-state index in [1.54, 1.807) is 46.8 Å². The van der Waals surface area contributed by atoms with Crippen molar-refractivity contribution >= 4 is 35.5 Å². The number of methoxy groups -OCH3 is 3. The first-order chi connectivity index (χ1) is 30.1. The van der Waals surface area contributed by atoms with E-state index in [9.17, 15) is 48.7 Å². The van der Waals surface area contributed by atoms with Crippen molar-refractivity contribution in [2.75, 3.05) is 21.3 Å². The summed E-state index contributed by atoms with van der Waals surface area (Å²) in [6.07, 6.45) is -1.69. The Labute approximate surface area is 367 Å². The zero-order chi connectivity index (χ0) is 47.5. The molecule has 0 radical (unpaired) electrons. The van der Waals surface area contributed by atoms with Gasteiger partial charge in [0, 0.05) is 12.5 Å². The second kappa shape index (κ2) is 21.4. The van der Waals surface area contributed by atoms with Gasteiger partial charge in [-0.05, 0) is 99.3 Å². The molecule has 4 rings (SSSR count). The number of benzene rings is 4. The highest BCUT2D eigenvalue weighted by molar-refractivity contribution is 5.96. The fraction of sp³-hybridized carbons (Fsp3) is 0.341. The van der Waals surface area contributed by atoms with Crippen LogP contribution in [0.5, 0.6) is 28.7 Å². The first-order valence-electron chi connectivity index (χ1n) is 19.6. The van der Waals surface area contributed by atoms with Crippen LogP contribution in [-0.4, -0.2) is 84.0 Å². The SMILES string of the molecule is COC(=O)[C@H](Cc1ccc(F)c([N+](=O)[O-])c1)NC(=O)[C@H](NC(=O)[C@H](NC(=O)[C@@H](NC(=O)OC(C)(C)C)c1cccc(OC(C)C)c1)c1cc(O)c(OC)c(O)c1)c1ccc(OC)cc1. The average Bonchev–Trinajstić information content (AvgIpc) is 3.22. The number of nitro groups is 1. The highest BCUT2D eigenvalue weighted by Crippen LogP contribution is 2.39. The van der Waals surface area contributed by atoms with E-state index in [-0.39, 0.29) is 34.1 Å². The summed E-state index contributed by atoms with van der Waals surface area (Å²) in [4.78, 5) is 80.1. The number of rotatable bonds is 18. The fourth-order valence-electron chi connectivity index (χ4n) is 6.26. The zero-order valence-electron chi connectivity index (χ0n) is 36.2. The lowest BCUT2D eigenvalue weighted by Gasteiger charge is -2.28. The molecule has 4 atom stereocenters. The van der Waals surface area contributed by atoms with Gasteiger partial charge >= 0.3 is 17.7 Å². The smallest absolute Gasteiger partial charge is 0.408 e. The van der Waals surface area contributed by atoms with Crippen molar-refractivity contribution in [1.29, 1.82) is 0 Å². The Bertz CT molecular complexity index is 2330. The van der Waals surface area contributed by atoms with Crippen molar-refractivity contribution in [2.45, 2.75) is 76.9 Å². The Morgan fingerprint density at radius 2 is 1.30 bits per heavy atom. The van der Waals surface area contributed by atoms with E-state index in [4.69, 9.17) is 23.7 Å². The third-order valence-corrected chi connectivity index (χ3v) is 9.09. The van der Waals surface area contributed by atoms with Crippen molar-refractivity contribution in [3.63, 3.8) is 0 Å². The molecule has 0 fully saturated rings. The lowest BCUT2D eigenvalue weighted by molar-refractivity contribution is -0.387. The van der Waals surface area contributed by atoms with Crippen LogP contribution >= 0.6 is 0 Å². The van der Waals surface area contributed by atoms with E-state index in [2.05, 4.69) is 21.3 Å². The van der Waals surface area contributed by atoms with Crippen LogP contribution in [0.1, 0.15) is 75.0 Å². The van der Waals surface area contributed by atoms with Crippen LogP contribution in [0.25, 0.3) is 0 Å². The van der Waals surface area contributed by atoms with E-state index in [0.29, 0.717) is 11.5 Å². The number of esters is 1. The van der Waals surface area contributed by atoms with Crippen LogP contribution in [0.4, 0.5) is 14.9 Å². The summed E-state index contributed by atoms with van der Waals surface area (Å²) in [5.74, 6) is -6.23. The molecule has 0 heterocycles. The van der Waals surface area contributed by atoms with Crippen LogP contribution in [0, 0.1) is 15.9 Å². The van der Waals surface area contributed by atoms with Gasteiger partial charge in [0.1, 0.15) is 41.3 Å². The number of nitro benzene ring substituents is 1. The van der Waals surface area contributed by atoms with Gasteiger partial charge < -0.3 is 55.2 Å². The number of hydrogen-bond donors (Lipinski definition) is 6. The van der Waals surface area contributed by atoms with Crippen molar-refractivity contribution in [1.82, 2.24) is 21.3 Å². The Morgan fingerprint density at radius 1 is 0.719 bits per heavy atom. The summed E-state index contributed by atoms with van der Waals surface area (Å²) in [5, 5.41) is 43.2. The van der Waals surface area contributed by atoms with Gasteiger partial charge in [0.05, 0.1) is 32.4 Å². The number of carbonyl (C=O) groups is 5. The van der Waals surface area contributed by atoms with Gasteiger partial charge in [0.15, 0.2) is 11.5 Å². The molecule has 0 saturated heterocycles. The van der Waals surface area contributed by atoms with Crippen molar-refractivity contribution in [3.8, 4) is 28.7 Å². The molecule has 0 aliphatic heterocycles. The number of phenolic OH excluding ortho intramolecular Hbond substituents is 2. The van der Waals surface area contributed by atoms with Crippen LogP contribution in [0.3, 0.4) is 0 Å². The Balaban J connectivity index is 1.81. The summed E-state index contributed by atoms with van der Waals surface area (Å²) in [5.41, 5.74) is -1.71. The molecular formula is C44H50FN5O14. The summed E-state index contributed by atoms with van der Waals surface area (Å²) in [6.45, 7) is 8.40. The van der Waals surface area contributed by atoms with E-state index >= 15 is 0 Å². The summed E-state index contributed by atoms with van der Waals surface area (Å²) in [7, 11) is 3.59. The second-order valence-corrected chi connectivity index (χ2v) is 15.4. The normalized spacial score (nSPS) is 13.0. The van der Waals surface area contributed by atoms with Crippen LogP contribution in [0.2, 0.25) is 0 Å². The Morgan fingerprint density at radius 3 is 1.83 bits per heavy atom. The molecule has 0 bridgehead atoms. The maximum atomic E-state index is 14.7. The van der Waals surface area contributed by atoms with Crippen LogP contribution in [0.15, 0.2) is 78.9 Å². The van der Waals surface area contributed by atoms with Gasteiger partial charge in [-0.15, -0.1) is 0 Å². The highest BCUT2D eigenvalue weighted by atomic mass is 19.1. The van der Waals surface area contributed by atoms with E-state index < -0.39 is 93.9 Å². The molecule has 20 heteroatoms. The first kappa shape index (κ1) is 49.0. The van der Waals surface area contributed by atoms with Crippen LogP contribution in [-0.2, 0) is 35.1 Å². The van der Waals surface area contributed by atoms with Gasteiger partial charge in [-0.25, -0.2) is 9.59 Å². The number of aromatic hydroxyl groups is 2.